The molecule has 3 aromatic rings. The van der Waals surface area contributed by atoms with E-state index in [0.29, 0.717) is 18.3 Å². The van der Waals surface area contributed by atoms with Gasteiger partial charge in [-0.1, -0.05) is 48.6 Å². The predicted molar refractivity (Wildman–Crippen MR) is 109 cm³/mol. The Morgan fingerprint density at radius 1 is 1.25 bits per heavy atom. The number of nitrogens with zero attached hydrogens (tertiary/aromatic N) is 2. The van der Waals surface area contributed by atoms with Crippen molar-refractivity contribution in [1.29, 1.82) is 0 Å². The molecule has 0 bridgehead atoms. The molecule has 4 rings (SSSR count). The number of ether oxygens (including phenoxy) is 1. The Balaban J connectivity index is 1.36. The summed E-state index contributed by atoms with van der Waals surface area (Å²) in [5, 5.41) is 0.570. The third kappa shape index (κ3) is 4.02. The average Bonchev–Trinajstić information content (AvgIpc) is 3.11. The summed E-state index contributed by atoms with van der Waals surface area (Å²) < 4.78 is 20.2. The monoisotopic (exact) mass is 398 g/mol. The van der Waals surface area contributed by atoms with Gasteiger partial charge in [-0.3, -0.25) is 4.79 Å². The fraction of sp³-hybridized carbons (Fsp3) is 0.364. The molecule has 6 heteroatoms. The molecule has 1 saturated heterocycles. The quantitative estimate of drug-likeness (QED) is 0.607. The molecule has 1 aromatic heterocycles. The minimum atomic E-state index is -0.265. The van der Waals surface area contributed by atoms with Crippen LogP contribution in [0.1, 0.15) is 37.7 Å². The van der Waals surface area contributed by atoms with Crippen LogP contribution in [-0.4, -0.2) is 35.0 Å². The molecule has 0 N–H and O–H groups in total. The van der Waals surface area contributed by atoms with Gasteiger partial charge in [-0.2, -0.15) is 0 Å². The number of piperidine rings is 1. The third-order valence-corrected chi connectivity index (χ3v) is 6.17. The van der Waals surface area contributed by atoms with E-state index < -0.39 is 0 Å². The summed E-state index contributed by atoms with van der Waals surface area (Å²) in [6, 6.07) is 14.5. The Hall–Kier alpha value is -2.47. The van der Waals surface area contributed by atoms with Crippen molar-refractivity contribution >= 4 is 27.5 Å². The number of halogens is 1. The van der Waals surface area contributed by atoms with Gasteiger partial charge >= 0.3 is 0 Å². The summed E-state index contributed by atoms with van der Waals surface area (Å²) in [5.74, 6) is -0.154. The Morgan fingerprint density at radius 2 is 2.00 bits per heavy atom. The van der Waals surface area contributed by atoms with Crippen molar-refractivity contribution in [3.05, 3.63) is 59.9 Å². The van der Waals surface area contributed by atoms with E-state index in [-0.39, 0.29) is 23.7 Å². The number of aromatic nitrogens is 1. The van der Waals surface area contributed by atoms with Crippen LogP contribution in [-0.2, 0) is 4.79 Å². The van der Waals surface area contributed by atoms with Gasteiger partial charge in [0.25, 0.3) is 5.19 Å². The summed E-state index contributed by atoms with van der Waals surface area (Å²) >= 11 is 1.36. The van der Waals surface area contributed by atoms with Crippen molar-refractivity contribution in [2.45, 2.75) is 38.2 Å². The van der Waals surface area contributed by atoms with Crippen LogP contribution in [0.25, 0.3) is 10.2 Å². The highest BCUT2D eigenvalue weighted by molar-refractivity contribution is 7.20. The maximum absolute atomic E-state index is 13.3. The molecule has 0 aliphatic carbocycles. The largest absolute Gasteiger partial charge is 0.467 e. The Bertz CT molecular complexity index is 952. The first kappa shape index (κ1) is 18.9. The molecule has 1 aliphatic heterocycles. The molecular weight excluding hydrogens is 375 g/mol. The van der Waals surface area contributed by atoms with Crippen LogP contribution in [0.5, 0.6) is 5.19 Å². The molecule has 1 fully saturated rings. The van der Waals surface area contributed by atoms with E-state index in [1.165, 1.54) is 23.5 Å². The molecule has 1 unspecified atom stereocenters. The zero-order valence-corrected chi connectivity index (χ0v) is 16.6. The molecule has 1 atom stereocenters. The fourth-order valence-corrected chi connectivity index (χ4v) is 4.63. The van der Waals surface area contributed by atoms with Crippen LogP contribution in [0.4, 0.5) is 4.39 Å². The van der Waals surface area contributed by atoms with Gasteiger partial charge in [-0.15, -0.1) is 0 Å². The first-order chi connectivity index (χ1) is 13.6. The molecule has 2 heterocycles. The number of hydrogen-bond acceptors (Lipinski definition) is 4. The summed E-state index contributed by atoms with van der Waals surface area (Å²) in [6.07, 6.45) is 2.38. The van der Waals surface area contributed by atoms with Gasteiger partial charge in [0.05, 0.1) is 16.1 Å². The number of thiazole rings is 1. The highest BCUT2D eigenvalue weighted by Crippen LogP contribution is 2.31. The first-order valence-electron chi connectivity index (χ1n) is 9.70. The zero-order chi connectivity index (χ0) is 19.5. The molecule has 0 spiro atoms. The maximum atomic E-state index is 13.3. The summed E-state index contributed by atoms with van der Waals surface area (Å²) in [6.45, 7) is 3.43. The number of amides is 1. The van der Waals surface area contributed by atoms with Crippen molar-refractivity contribution in [2.24, 2.45) is 0 Å². The number of carbonyl (C=O) groups is 1. The van der Waals surface area contributed by atoms with Gasteiger partial charge in [-0.25, -0.2) is 9.37 Å². The average molecular weight is 399 g/mol. The summed E-state index contributed by atoms with van der Waals surface area (Å²) in [7, 11) is 0. The molecule has 0 radical (unpaired) electrons. The van der Waals surface area contributed by atoms with Gasteiger partial charge in [0.15, 0.2) is 0 Å². The number of fused-ring (bicyclic) bond motifs is 1. The lowest BCUT2D eigenvalue weighted by molar-refractivity contribution is -0.134. The number of hydrogen-bond donors (Lipinski definition) is 0. The number of carbonyl (C=O) groups excluding carboxylic acids is 1. The van der Waals surface area contributed by atoms with E-state index in [4.69, 9.17) is 4.74 Å². The molecule has 1 aliphatic rings. The van der Waals surface area contributed by atoms with Crippen LogP contribution >= 0.6 is 11.3 Å². The zero-order valence-electron chi connectivity index (χ0n) is 15.8. The highest BCUT2D eigenvalue weighted by Gasteiger charge is 2.29. The number of likely N-dealkylation sites (tertiary alicyclic amines) is 1. The summed E-state index contributed by atoms with van der Waals surface area (Å²) in [5.41, 5.74) is 1.83. The van der Waals surface area contributed by atoms with E-state index in [1.54, 1.807) is 6.07 Å². The topological polar surface area (TPSA) is 42.4 Å². The van der Waals surface area contributed by atoms with Gasteiger partial charge in [0, 0.05) is 25.9 Å². The van der Waals surface area contributed by atoms with Crippen LogP contribution in [0.3, 0.4) is 0 Å². The second-order valence-electron chi connectivity index (χ2n) is 7.11. The normalized spacial score (nSPS) is 16.3. The fourth-order valence-electron chi connectivity index (χ4n) is 3.72. The van der Waals surface area contributed by atoms with Crippen LogP contribution < -0.4 is 4.74 Å². The van der Waals surface area contributed by atoms with Gasteiger partial charge < -0.3 is 9.64 Å². The molecule has 1 amide bonds. The van der Waals surface area contributed by atoms with E-state index in [2.05, 4.69) is 11.9 Å². The Labute approximate surface area is 168 Å². The molecule has 146 valence electrons. The smallest absolute Gasteiger partial charge is 0.274 e. The third-order valence-electron chi connectivity index (χ3n) is 5.26. The minimum absolute atomic E-state index is 0.0336. The molecule has 0 saturated carbocycles. The number of benzene rings is 2. The van der Waals surface area contributed by atoms with E-state index in [1.807, 2.05) is 35.2 Å². The number of rotatable bonds is 5. The highest BCUT2D eigenvalue weighted by atomic mass is 32.1. The molecular formula is C22H23FN2O2S. The summed E-state index contributed by atoms with van der Waals surface area (Å²) in [4.78, 5) is 19.4. The van der Waals surface area contributed by atoms with E-state index in [9.17, 15) is 9.18 Å². The van der Waals surface area contributed by atoms with Crippen molar-refractivity contribution in [1.82, 2.24) is 9.88 Å². The molecule has 4 nitrogen and oxygen atoms in total. The van der Waals surface area contributed by atoms with Crippen molar-refractivity contribution in [3.63, 3.8) is 0 Å². The predicted octanol–water partition coefficient (Wildman–Crippen LogP) is 5.00. The standard InChI is InChI=1S/C22H23FN2O2S/c1-2-18(15-6-4-3-5-7-15)21(26)25-12-10-17(11-13-25)27-22-24-19-9-8-16(23)14-20(19)28-22/h3-9,14,17-18H,2,10-13H2,1H3. The van der Waals surface area contributed by atoms with Crippen LogP contribution in [0.2, 0.25) is 0 Å². The minimum Gasteiger partial charge on any atom is -0.467 e. The lowest BCUT2D eigenvalue weighted by Crippen LogP contribution is -2.43. The van der Waals surface area contributed by atoms with Crippen molar-refractivity contribution < 1.29 is 13.9 Å². The first-order valence-corrected chi connectivity index (χ1v) is 10.5. The maximum Gasteiger partial charge on any atom is 0.274 e. The van der Waals surface area contributed by atoms with Gasteiger partial charge in [0.2, 0.25) is 5.91 Å². The van der Waals surface area contributed by atoms with Gasteiger partial charge in [-0.05, 0) is 30.2 Å². The SMILES string of the molecule is CCC(C(=O)N1CCC(Oc2nc3ccc(F)cc3s2)CC1)c1ccccc1. The molecule has 2 aromatic carbocycles. The van der Waals surface area contributed by atoms with Crippen molar-refractivity contribution in [2.75, 3.05) is 13.1 Å². The Morgan fingerprint density at radius 3 is 2.71 bits per heavy atom. The van der Waals surface area contributed by atoms with E-state index in [0.717, 1.165) is 35.0 Å². The van der Waals surface area contributed by atoms with Gasteiger partial charge in [0.1, 0.15) is 11.9 Å². The lowest BCUT2D eigenvalue weighted by Gasteiger charge is -2.33. The Kier molecular flexibility index (Phi) is 5.57. The van der Waals surface area contributed by atoms with Crippen molar-refractivity contribution in [3.8, 4) is 5.19 Å². The van der Waals surface area contributed by atoms with Crippen LogP contribution in [0, 0.1) is 5.82 Å². The van der Waals surface area contributed by atoms with E-state index >= 15 is 0 Å². The van der Waals surface area contributed by atoms with Crippen LogP contribution in [0.15, 0.2) is 48.5 Å². The second-order valence-corrected chi connectivity index (χ2v) is 8.10. The lowest BCUT2D eigenvalue weighted by atomic mass is 9.94. The second kappa shape index (κ2) is 8.27. The molecule has 28 heavy (non-hydrogen) atoms.